The molecule has 0 heterocycles. The summed E-state index contributed by atoms with van der Waals surface area (Å²) in [5, 5.41) is -1.05. The van der Waals surface area contributed by atoms with Gasteiger partial charge in [0.15, 0.2) is 15.6 Å². The van der Waals surface area contributed by atoms with Crippen molar-refractivity contribution >= 4 is 33.1 Å². The molecule has 32 heavy (non-hydrogen) atoms. The number of carbonyl (C=O) groups excluding carboxylic acids is 2. The zero-order valence-electron chi connectivity index (χ0n) is 18.9. The van der Waals surface area contributed by atoms with Gasteiger partial charge in [0.25, 0.3) is 0 Å². The monoisotopic (exact) mass is 450 g/mol. The van der Waals surface area contributed by atoms with Gasteiger partial charge in [0, 0.05) is 5.92 Å². The molecule has 0 amide bonds. The Morgan fingerprint density at radius 2 is 1.34 bits per heavy atom. The Balaban J connectivity index is 2.02. The van der Waals surface area contributed by atoms with Crippen molar-refractivity contribution in [1.82, 2.24) is 0 Å². The van der Waals surface area contributed by atoms with Crippen LogP contribution in [0.25, 0.3) is 11.1 Å². The van der Waals surface area contributed by atoms with Gasteiger partial charge < -0.3 is 4.79 Å². The highest BCUT2D eigenvalue weighted by atomic mass is 32.2. The van der Waals surface area contributed by atoms with Crippen molar-refractivity contribution in [3.05, 3.63) is 71.8 Å². The van der Waals surface area contributed by atoms with Crippen LogP contribution in [-0.4, -0.2) is 31.5 Å². The van der Waals surface area contributed by atoms with E-state index in [0.29, 0.717) is 6.42 Å². The molecular formula is C27H30O4S. The predicted molar refractivity (Wildman–Crippen MR) is 128 cm³/mol. The number of sulfone groups is 1. The van der Waals surface area contributed by atoms with E-state index in [1.165, 1.54) is 0 Å². The van der Waals surface area contributed by atoms with E-state index in [2.05, 4.69) is 0 Å². The summed E-state index contributed by atoms with van der Waals surface area (Å²) < 4.78 is 27.3. The molecule has 0 aliphatic heterocycles. The quantitative estimate of drug-likeness (QED) is 0.419. The lowest BCUT2D eigenvalue weighted by Crippen LogP contribution is -2.45. The van der Waals surface area contributed by atoms with Crippen LogP contribution in [0.1, 0.15) is 51.2 Å². The normalized spacial score (nSPS) is 29.5. The number of Topliss-reactive ketones (excluding diaryl/α,β-unsaturated/α-hetero) is 1. The number of ketones is 1. The predicted octanol–water partition coefficient (Wildman–Crippen LogP) is 5.00. The minimum absolute atomic E-state index is 0.00244. The molecular weight excluding hydrogens is 420 g/mol. The summed E-state index contributed by atoms with van der Waals surface area (Å²) in [6.45, 7) is 5.54. The molecule has 2 aliphatic rings. The third kappa shape index (κ3) is 3.05. The summed E-state index contributed by atoms with van der Waals surface area (Å²) >= 11 is 0. The van der Waals surface area contributed by atoms with Crippen molar-refractivity contribution in [3.63, 3.8) is 0 Å². The Morgan fingerprint density at radius 3 is 1.81 bits per heavy atom. The summed E-state index contributed by atoms with van der Waals surface area (Å²) in [7, 11) is -3.69. The van der Waals surface area contributed by atoms with Gasteiger partial charge in [0.05, 0.1) is 21.8 Å². The first kappa shape index (κ1) is 22.7. The van der Waals surface area contributed by atoms with Crippen LogP contribution >= 0.6 is 0 Å². The topological polar surface area (TPSA) is 68.3 Å². The van der Waals surface area contributed by atoms with E-state index in [1.807, 2.05) is 67.6 Å². The van der Waals surface area contributed by atoms with Gasteiger partial charge in [-0.2, -0.15) is 0 Å². The molecule has 1 fully saturated rings. The van der Waals surface area contributed by atoms with Crippen molar-refractivity contribution < 1.29 is 18.0 Å². The molecule has 4 rings (SSSR count). The Kier molecular flexibility index (Phi) is 5.74. The van der Waals surface area contributed by atoms with Crippen LogP contribution in [0, 0.1) is 16.7 Å². The highest BCUT2D eigenvalue weighted by Crippen LogP contribution is 2.70. The smallest absolute Gasteiger partial charge is 0.155 e. The number of allylic oxidation sites excluding steroid dienone is 2. The van der Waals surface area contributed by atoms with Gasteiger partial charge in [-0.15, -0.1) is 0 Å². The van der Waals surface area contributed by atoms with E-state index in [-0.39, 0.29) is 11.5 Å². The van der Waals surface area contributed by atoms with Gasteiger partial charge >= 0.3 is 0 Å². The SMILES string of the molecule is CCCCCS(=O)(=O)C1C(C=O)C2(C)C(=O)C1(C)C(c1ccccc1)=C2c1ccccc1. The van der Waals surface area contributed by atoms with Gasteiger partial charge in [0.2, 0.25) is 0 Å². The fraction of sp³-hybridized carbons (Fsp3) is 0.407. The lowest BCUT2D eigenvalue weighted by molar-refractivity contribution is -0.128. The second kappa shape index (κ2) is 8.11. The lowest BCUT2D eigenvalue weighted by Gasteiger charge is -2.39. The Hall–Kier alpha value is -2.53. The zero-order valence-corrected chi connectivity index (χ0v) is 19.7. The van der Waals surface area contributed by atoms with Crippen molar-refractivity contribution in [3.8, 4) is 0 Å². The standard InChI is InChI=1S/C27H30O4S/c1-4-5-12-17-32(30,31)24-21(18-28)26(2)22(19-13-8-6-9-14-19)23(27(24,3)25(26)29)20-15-10-7-11-16-20/h6-11,13-16,18,21,24H,4-5,12,17H2,1-3H3. The van der Waals surface area contributed by atoms with Crippen LogP contribution in [0.15, 0.2) is 60.7 Å². The van der Waals surface area contributed by atoms with Crippen LogP contribution in [0.4, 0.5) is 0 Å². The maximum Gasteiger partial charge on any atom is 0.155 e. The van der Waals surface area contributed by atoms with Gasteiger partial charge in [-0.1, -0.05) is 80.4 Å². The van der Waals surface area contributed by atoms with Gasteiger partial charge in [0.1, 0.15) is 6.29 Å². The molecule has 168 valence electrons. The summed E-state index contributed by atoms with van der Waals surface area (Å²) in [6.07, 6.45) is 2.96. The summed E-state index contributed by atoms with van der Waals surface area (Å²) in [5.41, 5.74) is 0.764. The van der Waals surface area contributed by atoms with E-state index in [0.717, 1.165) is 41.4 Å². The maximum absolute atomic E-state index is 14.1. The van der Waals surface area contributed by atoms with Crippen LogP contribution in [0.5, 0.6) is 0 Å². The molecule has 4 atom stereocenters. The molecule has 0 spiro atoms. The summed E-state index contributed by atoms with van der Waals surface area (Å²) in [6, 6.07) is 19.1. The van der Waals surface area contributed by atoms with Crippen molar-refractivity contribution in [2.24, 2.45) is 16.7 Å². The minimum atomic E-state index is -3.69. The number of hydrogen-bond donors (Lipinski definition) is 0. The van der Waals surface area contributed by atoms with Crippen molar-refractivity contribution in [2.45, 2.75) is 45.3 Å². The molecule has 2 aromatic carbocycles. The molecule has 1 saturated carbocycles. The number of unbranched alkanes of at least 4 members (excludes halogenated alkanes) is 2. The minimum Gasteiger partial charge on any atom is -0.303 e. The van der Waals surface area contributed by atoms with Crippen molar-refractivity contribution in [2.75, 3.05) is 5.75 Å². The van der Waals surface area contributed by atoms with E-state index in [1.54, 1.807) is 13.8 Å². The second-order valence-electron chi connectivity index (χ2n) is 9.37. The van der Waals surface area contributed by atoms with Gasteiger partial charge in [-0.25, -0.2) is 8.42 Å². The first-order valence-corrected chi connectivity index (χ1v) is 13.0. The zero-order chi connectivity index (χ0) is 23.1. The molecule has 5 heteroatoms. The van der Waals surface area contributed by atoms with Crippen LogP contribution in [-0.2, 0) is 19.4 Å². The Labute approximate surface area is 190 Å². The molecule has 4 unspecified atom stereocenters. The molecule has 2 aliphatic carbocycles. The first-order valence-electron chi connectivity index (χ1n) is 11.3. The average molecular weight is 451 g/mol. The van der Waals surface area contributed by atoms with Crippen molar-refractivity contribution in [1.29, 1.82) is 0 Å². The summed E-state index contributed by atoms with van der Waals surface area (Å²) in [4.78, 5) is 26.5. The molecule has 0 radical (unpaired) electrons. The van der Waals surface area contributed by atoms with Crippen LogP contribution < -0.4 is 0 Å². The first-order chi connectivity index (χ1) is 15.2. The molecule has 4 nitrogen and oxygen atoms in total. The average Bonchev–Trinajstić information content (AvgIpc) is 3.09. The fourth-order valence-corrected chi connectivity index (χ4v) is 8.69. The van der Waals surface area contributed by atoms with Gasteiger partial charge in [-0.3, -0.25) is 4.79 Å². The van der Waals surface area contributed by atoms with E-state index >= 15 is 0 Å². The maximum atomic E-state index is 14.1. The third-order valence-corrected chi connectivity index (χ3v) is 9.88. The summed E-state index contributed by atoms with van der Waals surface area (Å²) in [5.74, 6) is -1.07. The molecule has 0 aromatic heterocycles. The van der Waals surface area contributed by atoms with Gasteiger partial charge in [-0.05, 0) is 42.5 Å². The Morgan fingerprint density at radius 1 is 0.844 bits per heavy atom. The third-order valence-electron chi connectivity index (χ3n) is 7.48. The highest BCUT2D eigenvalue weighted by Gasteiger charge is 2.74. The molecule has 2 aromatic rings. The second-order valence-corrected chi connectivity index (χ2v) is 11.6. The molecule has 0 saturated heterocycles. The number of hydrogen-bond acceptors (Lipinski definition) is 4. The number of carbonyl (C=O) groups is 2. The molecule has 0 N–H and O–H groups in total. The number of fused-ring (bicyclic) bond motifs is 2. The number of rotatable bonds is 8. The van der Waals surface area contributed by atoms with Crippen LogP contribution in [0.2, 0.25) is 0 Å². The Bertz CT molecular complexity index is 1170. The lowest BCUT2D eigenvalue weighted by atomic mass is 9.67. The van der Waals surface area contributed by atoms with Crippen LogP contribution in [0.3, 0.4) is 0 Å². The van der Waals surface area contributed by atoms with E-state index in [4.69, 9.17) is 0 Å². The number of aldehydes is 1. The highest BCUT2D eigenvalue weighted by molar-refractivity contribution is 7.92. The van der Waals surface area contributed by atoms with E-state index < -0.39 is 31.8 Å². The van der Waals surface area contributed by atoms with E-state index in [9.17, 15) is 18.0 Å². The number of benzene rings is 2. The fourth-order valence-electron chi connectivity index (χ4n) is 6.11. The largest absolute Gasteiger partial charge is 0.303 e. The molecule has 2 bridgehead atoms.